The highest BCUT2D eigenvalue weighted by Gasteiger charge is 2.39. The van der Waals surface area contributed by atoms with Gasteiger partial charge < -0.3 is 4.74 Å². The van der Waals surface area contributed by atoms with Crippen LogP contribution >= 0.6 is 0 Å². The quantitative estimate of drug-likeness (QED) is 0.612. The summed E-state index contributed by atoms with van der Waals surface area (Å²) in [5.41, 5.74) is 1.35. The van der Waals surface area contributed by atoms with Crippen molar-refractivity contribution in [3.63, 3.8) is 0 Å². The first kappa shape index (κ1) is 10.2. The molecule has 0 amide bonds. The van der Waals surface area contributed by atoms with Crippen LogP contribution < -0.4 is 0 Å². The van der Waals surface area contributed by atoms with Gasteiger partial charge in [0.2, 0.25) is 0 Å². The summed E-state index contributed by atoms with van der Waals surface area (Å²) < 4.78 is 5.77. The molecule has 1 heteroatoms. The molecule has 0 aromatic heterocycles. The maximum Gasteiger partial charge on any atom is 0.0681 e. The minimum atomic E-state index is 0.505. The van der Waals surface area contributed by atoms with Crippen LogP contribution in [0.5, 0.6) is 0 Å². The third-order valence-corrected chi connectivity index (χ3v) is 4.08. The van der Waals surface area contributed by atoms with Crippen LogP contribution in [-0.4, -0.2) is 12.7 Å². The van der Waals surface area contributed by atoms with Crippen LogP contribution in [0, 0.1) is 17.8 Å². The van der Waals surface area contributed by atoms with E-state index in [1.165, 1.54) is 31.3 Å². The smallest absolute Gasteiger partial charge is 0.0681 e. The van der Waals surface area contributed by atoms with E-state index in [4.69, 9.17) is 4.74 Å². The van der Waals surface area contributed by atoms with Gasteiger partial charge >= 0.3 is 0 Å². The Labute approximate surface area is 87.5 Å². The molecule has 2 aliphatic rings. The molecule has 4 atom stereocenters. The Morgan fingerprint density at radius 2 is 2.21 bits per heavy atom. The molecule has 0 aromatic rings. The third kappa shape index (κ3) is 1.75. The Morgan fingerprint density at radius 1 is 1.43 bits per heavy atom. The lowest BCUT2D eigenvalue weighted by molar-refractivity contribution is 0.0258. The zero-order valence-electron chi connectivity index (χ0n) is 9.46. The van der Waals surface area contributed by atoms with Crippen molar-refractivity contribution >= 4 is 0 Å². The van der Waals surface area contributed by atoms with Crippen LogP contribution in [0.1, 0.15) is 39.5 Å². The Balaban J connectivity index is 2.01. The molecule has 0 N–H and O–H groups in total. The highest BCUT2D eigenvalue weighted by Crippen LogP contribution is 2.43. The molecule has 4 unspecified atom stereocenters. The van der Waals surface area contributed by atoms with Gasteiger partial charge in [-0.2, -0.15) is 0 Å². The SMILES string of the molecule is C=C1COC2CC(C)C(CCC)CC12. The average molecular weight is 194 g/mol. The first-order valence-corrected chi connectivity index (χ1v) is 6.01. The predicted molar refractivity (Wildman–Crippen MR) is 59.2 cm³/mol. The number of ether oxygens (including phenoxy) is 1. The fourth-order valence-electron chi connectivity index (χ4n) is 3.14. The highest BCUT2D eigenvalue weighted by atomic mass is 16.5. The summed E-state index contributed by atoms with van der Waals surface area (Å²) in [6.45, 7) is 9.63. The molecule has 2 rings (SSSR count). The van der Waals surface area contributed by atoms with Crippen LogP contribution in [0.15, 0.2) is 12.2 Å². The highest BCUT2D eigenvalue weighted by molar-refractivity contribution is 5.11. The van der Waals surface area contributed by atoms with Crippen LogP contribution in [-0.2, 0) is 4.74 Å². The first-order chi connectivity index (χ1) is 6.72. The molecule has 14 heavy (non-hydrogen) atoms. The minimum Gasteiger partial charge on any atom is -0.373 e. The molecule has 1 nitrogen and oxygen atoms in total. The van der Waals surface area contributed by atoms with E-state index in [0.29, 0.717) is 12.0 Å². The average Bonchev–Trinajstić information content (AvgIpc) is 2.49. The van der Waals surface area contributed by atoms with Gasteiger partial charge in [-0.25, -0.2) is 0 Å². The molecule has 1 saturated carbocycles. The van der Waals surface area contributed by atoms with Crippen molar-refractivity contribution in [2.45, 2.75) is 45.6 Å². The van der Waals surface area contributed by atoms with Gasteiger partial charge in [-0.15, -0.1) is 0 Å². The molecule has 0 radical (unpaired) electrons. The second-order valence-electron chi connectivity index (χ2n) is 5.11. The lowest BCUT2D eigenvalue weighted by Crippen LogP contribution is -2.32. The van der Waals surface area contributed by atoms with Crippen LogP contribution in [0.3, 0.4) is 0 Å². The van der Waals surface area contributed by atoms with Gasteiger partial charge in [0, 0.05) is 5.92 Å². The normalized spacial score (nSPS) is 42.6. The second kappa shape index (κ2) is 4.06. The van der Waals surface area contributed by atoms with Gasteiger partial charge in [0.15, 0.2) is 0 Å². The van der Waals surface area contributed by atoms with Crippen molar-refractivity contribution in [3.8, 4) is 0 Å². The largest absolute Gasteiger partial charge is 0.373 e. The van der Waals surface area contributed by atoms with Gasteiger partial charge in [-0.1, -0.05) is 33.3 Å². The summed E-state index contributed by atoms with van der Waals surface area (Å²) in [4.78, 5) is 0. The van der Waals surface area contributed by atoms with E-state index in [1.54, 1.807) is 0 Å². The summed E-state index contributed by atoms with van der Waals surface area (Å²) in [5, 5.41) is 0. The Morgan fingerprint density at radius 3 is 2.93 bits per heavy atom. The molecule has 80 valence electrons. The van der Waals surface area contributed by atoms with Crippen molar-refractivity contribution in [1.82, 2.24) is 0 Å². The molecule has 0 spiro atoms. The second-order valence-corrected chi connectivity index (χ2v) is 5.11. The first-order valence-electron chi connectivity index (χ1n) is 6.01. The van der Waals surface area contributed by atoms with E-state index in [1.807, 2.05) is 0 Å². The van der Waals surface area contributed by atoms with Crippen molar-refractivity contribution in [2.24, 2.45) is 17.8 Å². The number of hydrogen-bond acceptors (Lipinski definition) is 1. The molecular formula is C13H22O. The maximum absolute atomic E-state index is 5.77. The fraction of sp³-hybridized carbons (Fsp3) is 0.846. The molecule has 1 heterocycles. The van der Waals surface area contributed by atoms with E-state index in [0.717, 1.165) is 18.4 Å². The Bertz CT molecular complexity index is 221. The summed E-state index contributed by atoms with van der Waals surface area (Å²) in [7, 11) is 0. The molecular weight excluding hydrogens is 172 g/mol. The van der Waals surface area contributed by atoms with E-state index in [-0.39, 0.29) is 0 Å². The van der Waals surface area contributed by atoms with Crippen molar-refractivity contribution in [2.75, 3.05) is 6.61 Å². The minimum absolute atomic E-state index is 0.505. The summed E-state index contributed by atoms with van der Waals surface area (Å²) in [6.07, 6.45) is 5.80. The molecule has 1 aliphatic carbocycles. The van der Waals surface area contributed by atoms with Crippen molar-refractivity contribution in [3.05, 3.63) is 12.2 Å². The molecule has 0 aromatic carbocycles. The van der Waals surface area contributed by atoms with Gasteiger partial charge in [-0.3, -0.25) is 0 Å². The van der Waals surface area contributed by atoms with Crippen molar-refractivity contribution in [1.29, 1.82) is 0 Å². The molecule has 2 fully saturated rings. The van der Waals surface area contributed by atoms with E-state index in [9.17, 15) is 0 Å². The van der Waals surface area contributed by atoms with Gasteiger partial charge in [-0.05, 0) is 30.3 Å². The summed E-state index contributed by atoms with van der Waals surface area (Å²) >= 11 is 0. The van der Waals surface area contributed by atoms with Gasteiger partial charge in [0.25, 0.3) is 0 Å². The van der Waals surface area contributed by atoms with Crippen molar-refractivity contribution < 1.29 is 4.74 Å². The summed E-state index contributed by atoms with van der Waals surface area (Å²) in [5.74, 6) is 2.45. The van der Waals surface area contributed by atoms with E-state index >= 15 is 0 Å². The zero-order chi connectivity index (χ0) is 10.1. The molecule has 0 bridgehead atoms. The topological polar surface area (TPSA) is 9.23 Å². The molecule has 1 saturated heterocycles. The van der Waals surface area contributed by atoms with E-state index < -0.39 is 0 Å². The van der Waals surface area contributed by atoms with Gasteiger partial charge in [0.1, 0.15) is 0 Å². The van der Waals surface area contributed by atoms with Gasteiger partial charge in [0.05, 0.1) is 12.7 Å². The zero-order valence-corrected chi connectivity index (χ0v) is 9.46. The maximum atomic E-state index is 5.77. The monoisotopic (exact) mass is 194 g/mol. The standard InChI is InChI=1S/C13H22O/c1-4-5-11-7-12-10(3)8-14-13(12)6-9(11)2/h9,11-13H,3-8H2,1-2H3. The Kier molecular flexibility index (Phi) is 2.96. The number of fused-ring (bicyclic) bond motifs is 1. The number of hydrogen-bond donors (Lipinski definition) is 0. The van der Waals surface area contributed by atoms with E-state index in [2.05, 4.69) is 20.4 Å². The predicted octanol–water partition coefficient (Wildman–Crippen LogP) is 3.40. The fourth-order valence-corrected chi connectivity index (χ4v) is 3.14. The summed E-state index contributed by atoms with van der Waals surface area (Å²) in [6, 6.07) is 0. The van der Waals surface area contributed by atoms with Crippen LogP contribution in [0.2, 0.25) is 0 Å². The molecule has 1 aliphatic heterocycles. The lowest BCUT2D eigenvalue weighted by atomic mass is 9.70. The third-order valence-electron chi connectivity index (χ3n) is 4.08. The number of rotatable bonds is 2. The lowest BCUT2D eigenvalue weighted by Gasteiger charge is -2.36. The Hall–Kier alpha value is -0.300. The van der Waals surface area contributed by atoms with Crippen LogP contribution in [0.4, 0.5) is 0 Å². The van der Waals surface area contributed by atoms with Crippen LogP contribution in [0.25, 0.3) is 0 Å².